The summed E-state index contributed by atoms with van der Waals surface area (Å²) in [5, 5.41) is 2.89. The van der Waals surface area contributed by atoms with Crippen molar-refractivity contribution < 1.29 is 17.6 Å². The van der Waals surface area contributed by atoms with Crippen LogP contribution in [0.4, 0.5) is 10.1 Å². The molecule has 2 N–H and O–H groups in total. The number of hydrogen-bond donors (Lipinski definition) is 2. The van der Waals surface area contributed by atoms with Gasteiger partial charge in [0.2, 0.25) is 0 Å². The minimum Gasteiger partial charge on any atom is -0.342 e. The highest BCUT2D eigenvalue weighted by molar-refractivity contribution is 7.92. The maximum Gasteiger partial charge on any atom is 0.262 e. The van der Waals surface area contributed by atoms with Crippen LogP contribution in [0.3, 0.4) is 0 Å². The maximum atomic E-state index is 13.9. The molecule has 0 aliphatic rings. The van der Waals surface area contributed by atoms with Gasteiger partial charge in [-0.15, -0.1) is 0 Å². The van der Waals surface area contributed by atoms with Crippen LogP contribution in [0.1, 0.15) is 36.1 Å². The summed E-state index contributed by atoms with van der Waals surface area (Å²) in [4.78, 5) is 17.4. The lowest BCUT2D eigenvalue weighted by atomic mass is 10.2. The lowest BCUT2D eigenvalue weighted by Crippen LogP contribution is -2.29. The molecule has 0 saturated heterocycles. The summed E-state index contributed by atoms with van der Waals surface area (Å²) in [6.07, 6.45) is 0. The zero-order valence-corrected chi connectivity index (χ0v) is 18.9. The molecule has 33 heavy (non-hydrogen) atoms. The van der Waals surface area contributed by atoms with Crippen LogP contribution >= 0.6 is 0 Å². The summed E-state index contributed by atoms with van der Waals surface area (Å²) < 4.78 is 43.6. The Balaban J connectivity index is 1.56. The van der Waals surface area contributed by atoms with Crippen molar-refractivity contribution in [3.63, 3.8) is 0 Å². The van der Waals surface area contributed by atoms with Gasteiger partial charge >= 0.3 is 0 Å². The van der Waals surface area contributed by atoms with Crippen molar-refractivity contribution in [1.82, 2.24) is 14.9 Å². The number of sulfonamides is 1. The molecule has 0 bridgehead atoms. The van der Waals surface area contributed by atoms with Crippen LogP contribution in [0.15, 0.2) is 77.7 Å². The number of anilines is 1. The molecule has 1 amide bonds. The van der Waals surface area contributed by atoms with Gasteiger partial charge in [0.1, 0.15) is 11.6 Å². The first-order valence-electron chi connectivity index (χ1n) is 10.4. The van der Waals surface area contributed by atoms with E-state index in [0.717, 1.165) is 17.1 Å². The van der Waals surface area contributed by atoms with Gasteiger partial charge < -0.3 is 9.88 Å². The van der Waals surface area contributed by atoms with E-state index < -0.39 is 27.8 Å². The van der Waals surface area contributed by atoms with Gasteiger partial charge in [0, 0.05) is 12.1 Å². The molecular formula is C24H23FN4O3S. The van der Waals surface area contributed by atoms with Crippen molar-refractivity contribution in [1.29, 1.82) is 0 Å². The Kier molecular flexibility index (Phi) is 6.15. The van der Waals surface area contributed by atoms with Gasteiger partial charge in [0.15, 0.2) is 0 Å². The first-order chi connectivity index (χ1) is 15.8. The number of aromatic nitrogens is 2. The molecular weight excluding hydrogens is 443 g/mol. The van der Waals surface area contributed by atoms with Gasteiger partial charge in [-0.2, -0.15) is 0 Å². The standard InChI is InChI=1S/C24H23FN4O3S/c1-3-29-22-14-7-6-13-21(22)27-23(29)16(2)26-24(30)17-9-8-10-18(15-17)33(31,32)28-20-12-5-4-11-19(20)25/h4-16,28H,3H2,1-2H3,(H,26,30). The molecule has 4 aromatic rings. The van der Waals surface area contributed by atoms with Gasteiger partial charge in [0.05, 0.1) is 27.7 Å². The molecule has 0 fully saturated rings. The largest absolute Gasteiger partial charge is 0.342 e. The van der Waals surface area contributed by atoms with Crippen molar-refractivity contribution in [2.75, 3.05) is 4.72 Å². The van der Waals surface area contributed by atoms with Crippen LogP contribution in [-0.2, 0) is 16.6 Å². The van der Waals surface area contributed by atoms with E-state index in [2.05, 4.69) is 15.0 Å². The minimum absolute atomic E-state index is 0.146. The third-order valence-electron chi connectivity index (χ3n) is 5.26. The summed E-state index contributed by atoms with van der Waals surface area (Å²) in [6.45, 7) is 4.51. The molecule has 0 aliphatic carbocycles. The summed E-state index contributed by atoms with van der Waals surface area (Å²) >= 11 is 0. The topological polar surface area (TPSA) is 93.1 Å². The normalized spacial score (nSPS) is 12.5. The monoisotopic (exact) mass is 466 g/mol. The van der Waals surface area contributed by atoms with Crippen LogP contribution in [0.2, 0.25) is 0 Å². The molecule has 0 aliphatic heterocycles. The molecule has 3 aromatic carbocycles. The number of halogens is 1. The summed E-state index contributed by atoms with van der Waals surface area (Å²) in [5.74, 6) is -0.431. The Hall–Kier alpha value is -3.72. The van der Waals surface area contributed by atoms with E-state index in [1.165, 1.54) is 42.5 Å². The number of nitrogens with zero attached hydrogens (tertiary/aromatic N) is 2. The second-order valence-electron chi connectivity index (χ2n) is 7.51. The highest BCUT2D eigenvalue weighted by Gasteiger charge is 2.21. The quantitative estimate of drug-likeness (QED) is 0.420. The van der Waals surface area contributed by atoms with Crippen molar-refractivity contribution in [2.24, 2.45) is 0 Å². The average molecular weight is 467 g/mol. The fraction of sp³-hybridized carbons (Fsp3) is 0.167. The highest BCUT2D eigenvalue weighted by atomic mass is 32.2. The Labute approximate surface area is 191 Å². The number of amides is 1. The van der Waals surface area contributed by atoms with E-state index in [0.29, 0.717) is 12.4 Å². The van der Waals surface area contributed by atoms with Crippen LogP contribution in [0.5, 0.6) is 0 Å². The molecule has 4 rings (SSSR count). The average Bonchev–Trinajstić information content (AvgIpc) is 3.19. The Morgan fingerprint density at radius 3 is 2.55 bits per heavy atom. The third-order valence-corrected chi connectivity index (χ3v) is 6.62. The highest BCUT2D eigenvalue weighted by Crippen LogP contribution is 2.22. The van der Waals surface area contributed by atoms with Gasteiger partial charge in [0.25, 0.3) is 15.9 Å². The fourth-order valence-electron chi connectivity index (χ4n) is 3.65. The van der Waals surface area contributed by atoms with Crippen molar-refractivity contribution in [3.8, 4) is 0 Å². The lowest BCUT2D eigenvalue weighted by molar-refractivity contribution is 0.0937. The molecule has 0 spiro atoms. The van der Waals surface area contributed by atoms with Crippen LogP contribution in [0.25, 0.3) is 11.0 Å². The van der Waals surface area contributed by atoms with Crippen LogP contribution in [0, 0.1) is 5.82 Å². The first-order valence-corrected chi connectivity index (χ1v) is 11.9. The van der Waals surface area contributed by atoms with Gasteiger partial charge in [-0.25, -0.2) is 17.8 Å². The number of carbonyl (C=O) groups is 1. The van der Waals surface area contributed by atoms with Gasteiger partial charge in [-0.05, 0) is 56.3 Å². The Bertz CT molecular complexity index is 1430. The number of fused-ring (bicyclic) bond motifs is 1. The molecule has 1 unspecified atom stereocenters. The molecule has 0 radical (unpaired) electrons. The number of nitrogens with one attached hydrogen (secondary N) is 2. The first kappa shape index (κ1) is 22.5. The molecule has 9 heteroatoms. The van der Waals surface area contributed by atoms with Crippen molar-refractivity contribution in [3.05, 3.63) is 90.0 Å². The maximum absolute atomic E-state index is 13.9. The SMILES string of the molecule is CCn1c(C(C)NC(=O)c2cccc(S(=O)(=O)Nc3ccccc3F)c2)nc2ccccc21. The van der Waals surface area contributed by atoms with Crippen LogP contribution in [-0.4, -0.2) is 23.9 Å². The number of imidazole rings is 1. The van der Waals surface area contributed by atoms with E-state index in [1.54, 1.807) is 0 Å². The second-order valence-corrected chi connectivity index (χ2v) is 9.19. The molecule has 7 nitrogen and oxygen atoms in total. The van der Waals surface area contributed by atoms with Crippen LogP contribution < -0.4 is 10.0 Å². The zero-order valence-electron chi connectivity index (χ0n) is 18.1. The van der Waals surface area contributed by atoms with E-state index in [1.807, 2.05) is 42.7 Å². The molecule has 1 atom stereocenters. The lowest BCUT2D eigenvalue weighted by Gasteiger charge is -2.16. The molecule has 1 aromatic heterocycles. The van der Waals surface area contributed by atoms with Crippen molar-refractivity contribution >= 4 is 32.7 Å². The van der Waals surface area contributed by atoms with Gasteiger partial charge in [-0.1, -0.05) is 30.3 Å². The van der Waals surface area contributed by atoms with E-state index in [4.69, 9.17) is 0 Å². The second kappa shape index (κ2) is 9.03. The number of para-hydroxylation sites is 3. The zero-order chi connectivity index (χ0) is 23.6. The molecule has 1 heterocycles. The van der Waals surface area contributed by atoms with E-state index >= 15 is 0 Å². The number of benzene rings is 3. The fourth-order valence-corrected chi connectivity index (χ4v) is 4.77. The number of aryl methyl sites for hydroxylation is 1. The van der Waals surface area contributed by atoms with E-state index in [-0.39, 0.29) is 16.1 Å². The number of rotatable bonds is 7. The summed E-state index contributed by atoms with van der Waals surface area (Å²) in [5.41, 5.74) is 1.81. The predicted molar refractivity (Wildman–Crippen MR) is 125 cm³/mol. The summed E-state index contributed by atoms with van der Waals surface area (Å²) in [6, 6.07) is 18.4. The summed E-state index contributed by atoms with van der Waals surface area (Å²) in [7, 11) is -4.09. The number of hydrogen-bond acceptors (Lipinski definition) is 4. The molecule has 0 saturated carbocycles. The van der Waals surface area contributed by atoms with Gasteiger partial charge in [-0.3, -0.25) is 9.52 Å². The van der Waals surface area contributed by atoms with Crippen molar-refractivity contribution in [2.45, 2.75) is 31.3 Å². The minimum atomic E-state index is -4.09. The van der Waals surface area contributed by atoms with E-state index in [9.17, 15) is 17.6 Å². The molecule has 170 valence electrons. The number of carbonyl (C=O) groups excluding carboxylic acids is 1. The Morgan fingerprint density at radius 1 is 1.06 bits per heavy atom. The Morgan fingerprint density at radius 2 is 1.79 bits per heavy atom. The third kappa shape index (κ3) is 4.58. The smallest absolute Gasteiger partial charge is 0.262 e. The predicted octanol–water partition coefficient (Wildman–Crippen LogP) is 4.49.